The average molecular weight is 327 g/mol. The zero-order chi connectivity index (χ0) is 18.1. The molecule has 1 atom stereocenters. The number of benzene rings is 1. The summed E-state index contributed by atoms with van der Waals surface area (Å²) in [7, 11) is 1.83. The largest absolute Gasteiger partial charge is 0.496 e. The van der Waals surface area contributed by atoms with Crippen LogP contribution in [0.2, 0.25) is 0 Å². The van der Waals surface area contributed by atoms with Crippen molar-refractivity contribution in [3.05, 3.63) is 52.8 Å². The van der Waals surface area contributed by atoms with Crippen molar-refractivity contribution in [2.24, 2.45) is 23.2 Å². The summed E-state index contributed by atoms with van der Waals surface area (Å²) in [6, 6.07) is 10.9. The molecule has 0 aromatic heterocycles. The Morgan fingerprint density at radius 2 is 1.50 bits per heavy atom. The van der Waals surface area contributed by atoms with Crippen LogP contribution in [0.25, 0.3) is 5.57 Å². The first kappa shape index (κ1) is 18.8. The van der Waals surface area contributed by atoms with Crippen LogP contribution in [0.4, 0.5) is 0 Å². The van der Waals surface area contributed by atoms with Gasteiger partial charge in [-0.05, 0) is 46.3 Å². The van der Waals surface area contributed by atoms with E-state index in [9.17, 15) is 0 Å². The molecule has 1 aliphatic carbocycles. The van der Waals surface area contributed by atoms with Crippen molar-refractivity contribution in [3.63, 3.8) is 0 Å². The van der Waals surface area contributed by atoms with Gasteiger partial charge in [0.15, 0.2) is 0 Å². The molecule has 1 aliphatic rings. The standard InChI is InChI=1S/C23H34O/c1-15(2)19-14-23(7,17(5)6)21(18-12-10-9-11-13-18)20(16(3)4)22(19)24-8/h9-13,15-17H,14H2,1-8H3. The third kappa shape index (κ3) is 3.18. The molecule has 0 saturated heterocycles. The van der Waals surface area contributed by atoms with Crippen molar-refractivity contribution < 1.29 is 4.74 Å². The van der Waals surface area contributed by atoms with Crippen molar-refractivity contribution in [2.45, 2.75) is 54.9 Å². The van der Waals surface area contributed by atoms with E-state index in [1.165, 1.54) is 22.3 Å². The molecule has 0 N–H and O–H groups in total. The van der Waals surface area contributed by atoms with Gasteiger partial charge in [0.05, 0.1) is 7.11 Å². The Hall–Kier alpha value is -1.50. The Labute approximate surface area is 148 Å². The number of allylic oxidation sites excluding steroid dienone is 3. The van der Waals surface area contributed by atoms with E-state index in [1.54, 1.807) is 0 Å². The lowest BCUT2D eigenvalue weighted by Crippen LogP contribution is -2.33. The van der Waals surface area contributed by atoms with Crippen LogP contribution in [0, 0.1) is 23.2 Å². The van der Waals surface area contributed by atoms with Gasteiger partial charge in [0.2, 0.25) is 0 Å². The van der Waals surface area contributed by atoms with E-state index in [1.807, 2.05) is 7.11 Å². The molecule has 0 spiro atoms. The van der Waals surface area contributed by atoms with Gasteiger partial charge in [0.1, 0.15) is 5.76 Å². The number of hydrogen-bond donors (Lipinski definition) is 0. The summed E-state index contributed by atoms with van der Waals surface area (Å²) in [4.78, 5) is 0. The average Bonchev–Trinajstić information content (AvgIpc) is 2.54. The van der Waals surface area contributed by atoms with E-state index >= 15 is 0 Å². The van der Waals surface area contributed by atoms with Crippen molar-refractivity contribution in [1.82, 2.24) is 0 Å². The summed E-state index contributed by atoms with van der Waals surface area (Å²) in [6.45, 7) is 16.3. The third-order valence-corrected chi connectivity index (χ3v) is 5.75. The van der Waals surface area contributed by atoms with Crippen molar-refractivity contribution in [1.29, 1.82) is 0 Å². The Balaban J connectivity index is 2.87. The highest BCUT2D eigenvalue weighted by molar-refractivity contribution is 5.78. The molecule has 0 heterocycles. The summed E-state index contributed by atoms with van der Waals surface area (Å²) < 4.78 is 5.99. The van der Waals surface area contributed by atoms with Gasteiger partial charge >= 0.3 is 0 Å². The van der Waals surface area contributed by atoms with Gasteiger partial charge in [-0.25, -0.2) is 0 Å². The minimum absolute atomic E-state index is 0.128. The molecule has 0 fully saturated rings. The molecule has 0 aliphatic heterocycles. The van der Waals surface area contributed by atoms with Gasteiger partial charge in [0.25, 0.3) is 0 Å². The van der Waals surface area contributed by atoms with E-state index in [0.29, 0.717) is 17.8 Å². The summed E-state index contributed by atoms with van der Waals surface area (Å²) >= 11 is 0. The topological polar surface area (TPSA) is 9.23 Å². The molecule has 1 unspecified atom stereocenters. The fraction of sp³-hybridized carbons (Fsp3) is 0.565. The number of hydrogen-bond acceptors (Lipinski definition) is 1. The smallest absolute Gasteiger partial charge is 0.122 e. The van der Waals surface area contributed by atoms with Gasteiger partial charge in [-0.1, -0.05) is 78.8 Å². The number of ether oxygens (including phenoxy) is 1. The first-order valence-electron chi connectivity index (χ1n) is 9.31. The molecule has 0 bridgehead atoms. The summed E-state index contributed by atoms with van der Waals surface area (Å²) in [5.41, 5.74) is 5.82. The summed E-state index contributed by atoms with van der Waals surface area (Å²) in [5, 5.41) is 0. The maximum Gasteiger partial charge on any atom is 0.122 e. The number of methoxy groups -OCH3 is 1. The molecule has 0 saturated carbocycles. The zero-order valence-corrected chi connectivity index (χ0v) is 16.7. The fourth-order valence-corrected chi connectivity index (χ4v) is 4.00. The minimum atomic E-state index is 0.128. The minimum Gasteiger partial charge on any atom is -0.496 e. The normalized spacial score (nSPS) is 22.1. The molecule has 24 heavy (non-hydrogen) atoms. The molecule has 0 radical (unpaired) electrons. The van der Waals surface area contributed by atoms with E-state index in [0.717, 1.165) is 12.2 Å². The second-order valence-corrected chi connectivity index (χ2v) is 8.27. The van der Waals surface area contributed by atoms with Crippen molar-refractivity contribution in [3.8, 4) is 0 Å². The molecule has 1 heteroatoms. The van der Waals surface area contributed by atoms with Crippen LogP contribution < -0.4 is 0 Å². The maximum atomic E-state index is 5.99. The van der Waals surface area contributed by atoms with Gasteiger partial charge in [-0.2, -0.15) is 0 Å². The predicted molar refractivity (Wildman–Crippen MR) is 105 cm³/mol. The van der Waals surface area contributed by atoms with Gasteiger partial charge in [0, 0.05) is 5.57 Å². The lowest BCUT2D eigenvalue weighted by Gasteiger charge is -2.45. The SMILES string of the molecule is COC1=C(C(C)C)CC(C)(C(C)C)C(c2ccccc2)=C1C(C)C. The van der Waals surface area contributed by atoms with Crippen LogP contribution in [0.15, 0.2) is 47.2 Å². The van der Waals surface area contributed by atoms with Gasteiger partial charge < -0.3 is 4.74 Å². The zero-order valence-electron chi connectivity index (χ0n) is 16.7. The summed E-state index contributed by atoms with van der Waals surface area (Å²) in [5.74, 6) is 2.64. The Morgan fingerprint density at radius 1 is 0.917 bits per heavy atom. The highest BCUT2D eigenvalue weighted by Gasteiger charge is 2.42. The summed E-state index contributed by atoms with van der Waals surface area (Å²) in [6.07, 6.45) is 1.08. The van der Waals surface area contributed by atoms with E-state index in [-0.39, 0.29) is 5.41 Å². The molecule has 1 aromatic carbocycles. The lowest BCUT2D eigenvalue weighted by atomic mass is 9.60. The number of rotatable bonds is 5. The fourth-order valence-electron chi connectivity index (χ4n) is 4.00. The molecular formula is C23H34O. The third-order valence-electron chi connectivity index (χ3n) is 5.75. The van der Waals surface area contributed by atoms with Crippen LogP contribution >= 0.6 is 0 Å². The van der Waals surface area contributed by atoms with Gasteiger partial charge in [-0.3, -0.25) is 0 Å². The lowest BCUT2D eigenvalue weighted by molar-refractivity contribution is 0.245. The Bertz CT molecular complexity index is 631. The molecule has 1 nitrogen and oxygen atoms in total. The second kappa shape index (κ2) is 7.17. The molecule has 1 aromatic rings. The first-order valence-corrected chi connectivity index (χ1v) is 9.31. The monoisotopic (exact) mass is 326 g/mol. The van der Waals surface area contributed by atoms with E-state index < -0.39 is 0 Å². The molecule has 0 amide bonds. The van der Waals surface area contributed by atoms with E-state index in [4.69, 9.17) is 4.74 Å². The second-order valence-electron chi connectivity index (χ2n) is 8.27. The van der Waals surface area contributed by atoms with Crippen LogP contribution in [0.5, 0.6) is 0 Å². The Morgan fingerprint density at radius 3 is 1.92 bits per heavy atom. The highest BCUT2D eigenvalue weighted by atomic mass is 16.5. The van der Waals surface area contributed by atoms with Crippen LogP contribution in [-0.2, 0) is 4.74 Å². The van der Waals surface area contributed by atoms with Gasteiger partial charge in [-0.15, -0.1) is 0 Å². The Kier molecular flexibility index (Phi) is 5.63. The first-order chi connectivity index (χ1) is 11.2. The van der Waals surface area contributed by atoms with Crippen molar-refractivity contribution >= 4 is 5.57 Å². The van der Waals surface area contributed by atoms with Crippen LogP contribution in [0.1, 0.15) is 60.5 Å². The maximum absolute atomic E-state index is 5.99. The molecule has 132 valence electrons. The molecule has 2 rings (SSSR count). The predicted octanol–water partition coefficient (Wildman–Crippen LogP) is 6.72. The highest BCUT2D eigenvalue weighted by Crippen LogP contribution is 2.55. The van der Waals surface area contributed by atoms with E-state index in [2.05, 4.69) is 78.8 Å². The quantitative estimate of drug-likeness (QED) is 0.583. The van der Waals surface area contributed by atoms with Crippen molar-refractivity contribution in [2.75, 3.05) is 7.11 Å². The van der Waals surface area contributed by atoms with Crippen LogP contribution in [0.3, 0.4) is 0 Å². The molecular weight excluding hydrogens is 292 g/mol. The van der Waals surface area contributed by atoms with Crippen LogP contribution in [-0.4, -0.2) is 7.11 Å².